The van der Waals surface area contributed by atoms with Crippen molar-refractivity contribution in [3.05, 3.63) is 76.7 Å². The number of carbonyl (C=O) groups excluding carboxylic acids is 1. The number of amides is 1. The van der Waals surface area contributed by atoms with E-state index in [0.29, 0.717) is 11.3 Å². The molecule has 0 unspecified atom stereocenters. The van der Waals surface area contributed by atoms with Gasteiger partial charge in [-0.15, -0.1) is 11.3 Å². The van der Waals surface area contributed by atoms with Crippen LogP contribution in [0.5, 0.6) is 0 Å². The average molecular weight is 404 g/mol. The molecule has 1 heterocycles. The summed E-state index contributed by atoms with van der Waals surface area (Å²) in [4.78, 5) is 16.3. The van der Waals surface area contributed by atoms with Gasteiger partial charge in [-0.2, -0.15) is 0 Å². The molecule has 146 valence electrons. The lowest BCUT2D eigenvalue weighted by Gasteiger charge is -2.10. The number of hydrogen-bond acceptors (Lipinski definition) is 5. The SMILES string of the molecule is [2H]c1c([2H])c(C([2H])([2H])CCC([2H])([2H])[C@H](O)c2ccccc2)c([2H])c([2H])c1NC(=O)Cc1csc(N)n1. The molecule has 0 aliphatic heterocycles. The van der Waals surface area contributed by atoms with Crippen LogP contribution in [0.25, 0.3) is 0 Å². The summed E-state index contributed by atoms with van der Waals surface area (Å²) in [5.74, 6) is -0.639. The van der Waals surface area contributed by atoms with E-state index in [1.807, 2.05) is 0 Å². The summed E-state index contributed by atoms with van der Waals surface area (Å²) in [7, 11) is 0. The van der Waals surface area contributed by atoms with Crippen LogP contribution in [0.4, 0.5) is 10.8 Å². The molecule has 0 bridgehead atoms. The van der Waals surface area contributed by atoms with Crippen LogP contribution in [0.3, 0.4) is 0 Å². The van der Waals surface area contributed by atoms with E-state index in [9.17, 15) is 9.90 Å². The summed E-state index contributed by atoms with van der Waals surface area (Å²) >= 11 is 1.14. The number of rotatable bonds is 9. The van der Waals surface area contributed by atoms with E-state index in [-0.39, 0.29) is 11.6 Å². The number of carbonyl (C=O) groups is 1. The van der Waals surface area contributed by atoms with Crippen molar-refractivity contribution in [1.29, 1.82) is 0 Å². The van der Waals surface area contributed by atoms with Gasteiger partial charge in [0.1, 0.15) is 0 Å². The molecule has 1 aromatic heterocycles. The van der Waals surface area contributed by atoms with Crippen LogP contribution in [-0.2, 0) is 17.6 Å². The number of anilines is 2. The number of aliphatic hydroxyl groups excluding tert-OH is 1. The van der Waals surface area contributed by atoms with Crippen molar-refractivity contribution in [2.45, 2.75) is 38.1 Å². The second-order valence-electron chi connectivity index (χ2n) is 5.85. The van der Waals surface area contributed by atoms with E-state index in [1.165, 1.54) is 0 Å². The lowest BCUT2D eigenvalue weighted by atomic mass is 10.0. The molecule has 3 rings (SSSR count). The predicted octanol–water partition coefficient (Wildman–Crippen LogP) is 4.35. The summed E-state index contributed by atoms with van der Waals surface area (Å²) in [5, 5.41) is 14.6. The summed E-state index contributed by atoms with van der Waals surface area (Å²) in [5.41, 5.74) is 5.31. The lowest BCUT2D eigenvalue weighted by molar-refractivity contribution is -0.115. The second-order valence-corrected chi connectivity index (χ2v) is 6.74. The van der Waals surface area contributed by atoms with Crippen molar-refractivity contribution < 1.29 is 20.9 Å². The Balaban J connectivity index is 1.82. The fourth-order valence-corrected chi connectivity index (χ4v) is 2.93. The van der Waals surface area contributed by atoms with Gasteiger partial charge in [-0.1, -0.05) is 48.8 Å². The minimum absolute atomic E-state index is 0.200. The van der Waals surface area contributed by atoms with Gasteiger partial charge < -0.3 is 16.2 Å². The van der Waals surface area contributed by atoms with Gasteiger partial charge in [-0.05, 0) is 42.4 Å². The molecule has 0 radical (unpaired) electrons. The Hall–Kier alpha value is -2.70. The molecule has 0 spiro atoms. The first kappa shape index (κ1) is 12.0. The number of nitrogen functional groups attached to an aromatic ring is 1. The summed E-state index contributed by atoms with van der Waals surface area (Å²) in [6.07, 6.45) is -7.37. The van der Waals surface area contributed by atoms with E-state index in [4.69, 9.17) is 16.7 Å². The van der Waals surface area contributed by atoms with Crippen LogP contribution in [-0.4, -0.2) is 16.0 Å². The van der Waals surface area contributed by atoms with Crippen molar-refractivity contribution in [3.8, 4) is 0 Å². The van der Waals surface area contributed by atoms with Crippen molar-refractivity contribution >= 4 is 28.1 Å². The first-order chi connectivity index (χ1) is 16.7. The molecule has 2 aromatic carbocycles. The van der Waals surface area contributed by atoms with Crippen LogP contribution in [0, 0.1) is 0 Å². The van der Waals surface area contributed by atoms with Gasteiger partial charge in [0, 0.05) is 16.6 Å². The van der Waals surface area contributed by atoms with Gasteiger partial charge >= 0.3 is 0 Å². The quantitative estimate of drug-likeness (QED) is 0.495. The Morgan fingerprint density at radius 3 is 2.68 bits per heavy atom. The molecule has 4 N–H and O–H groups in total. The molecule has 0 aliphatic rings. The molecule has 0 aliphatic carbocycles. The van der Waals surface area contributed by atoms with Gasteiger partial charge in [0.15, 0.2) is 5.13 Å². The lowest BCUT2D eigenvalue weighted by Crippen LogP contribution is -2.14. The van der Waals surface area contributed by atoms with Gasteiger partial charge in [0.05, 0.1) is 23.7 Å². The highest BCUT2D eigenvalue weighted by molar-refractivity contribution is 7.13. The van der Waals surface area contributed by atoms with E-state index in [2.05, 4.69) is 10.3 Å². The Morgan fingerprint density at radius 2 is 2.00 bits per heavy atom. The number of nitrogens with one attached hydrogen (secondary N) is 1. The third kappa shape index (κ3) is 6.18. The highest BCUT2D eigenvalue weighted by Gasteiger charge is 2.08. The molecule has 5 nitrogen and oxygen atoms in total. The Labute approximate surface area is 180 Å². The fourth-order valence-electron chi connectivity index (χ4n) is 2.36. The molecule has 0 fully saturated rings. The average Bonchev–Trinajstić information content (AvgIpc) is 3.23. The van der Waals surface area contributed by atoms with E-state index >= 15 is 0 Å². The molecular formula is C22H25N3O2S. The minimum atomic E-state index is -2.45. The van der Waals surface area contributed by atoms with Crippen LogP contribution in [0.1, 0.15) is 53.1 Å². The van der Waals surface area contributed by atoms with E-state index in [1.54, 1.807) is 35.7 Å². The molecule has 1 atom stereocenters. The highest BCUT2D eigenvalue weighted by Crippen LogP contribution is 2.20. The number of aliphatic hydroxyl groups is 1. The minimum Gasteiger partial charge on any atom is -0.388 e. The zero-order valence-electron chi connectivity index (χ0n) is 23.0. The number of benzene rings is 2. The highest BCUT2D eigenvalue weighted by atomic mass is 32.1. The Morgan fingerprint density at radius 1 is 1.25 bits per heavy atom. The Bertz CT molecular complexity index is 1220. The van der Waals surface area contributed by atoms with Gasteiger partial charge in [0.25, 0.3) is 0 Å². The largest absolute Gasteiger partial charge is 0.388 e. The zero-order valence-corrected chi connectivity index (χ0v) is 15.8. The first-order valence-electron chi connectivity index (χ1n) is 12.6. The van der Waals surface area contributed by atoms with Crippen LogP contribution in [0.15, 0.2) is 59.9 Å². The van der Waals surface area contributed by atoms with Gasteiger partial charge in [0.2, 0.25) is 5.91 Å². The van der Waals surface area contributed by atoms with Gasteiger partial charge in [-0.3, -0.25) is 4.79 Å². The maximum atomic E-state index is 12.4. The maximum absolute atomic E-state index is 12.4. The maximum Gasteiger partial charge on any atom is 0.230 e. The van der Waals surface area contributed by atoms with E-state index in [0.717, 1.165) is 11.3 Å². The second kappa shape index (κ2) is 10.0. The number of thiazole rings is 1. The first-order valence-corrected chi connectivity index (χ1v) is 9.46. The summed E-state index contributed by atoms with van der Waals surface area (Å²) in [6, 6.07) is 5.48. The van der Waals surface area contributed by atoms with E-state index < -0.39 is 73.0 Å². The molecule has 3 aromatic rings. The van der Waals surface area contributed by atoms with Crippen LogP contribution < -0.4 is 11.1 Å². The zero-order chi connectivity index (χ0) is 26.8. The fraction of sp³-hybridized carbons (Fsp3) is 0.273. The number of aromatic nitrogens is 1. The summed E-state index contributed by atoms with van der Waals surface area (Å²) < 4.78 is 66.4. The topological polar surface area (TPSA) is 88.2 Å². The van der Waals surface area contributed by atoms with Crippen molar-refractivity contribution in [3.63, 3.8) is 0 Å². The van der Waals surface area contributed by atoms with Gasteiger partial charge in [-0.25, -0.2) is 4.98 Å². The third-order valence-electron chi connectivity index (χ3n) is 3.68. The standard InChI is InChI=1S/C22H25N3O2S/c23-22-25-19(15-28-22)14-21(27)24-18-12-10-16(11-13-18)6-4-5-9-20(26)17-7-2-1-3-8-17/h1-3,7-8,10-13,15,20,26H,4-6,9,14H2,(H2,23,25)(H,24,27)/t20-/m0/s1/i6D2,9D2,10D,11D,12D,13D. The molecule has 28 heavy (non-hydrogen) atoms. The normalized spacial score (nSPS) is 17.0. The molecular weight excluding hydrogens is 370 g/mol. The molecule has 0 saturated heterocycles. The van der Waals surface area contributed by atoms with Crippen molar-refractivity contribution in [1.82, 2.24) is 4.98 Å². The van der Waals surface area contributed by atoms with Crippen LogP contribution >= 0.6 is 11.3 Å². The van der Waals surface area contributed by atoms with Crippen molar-refractivity contribution in [2.75, 3.05) is 11.1 Å². The third-order valence-corrected chi connectivity index (χ3v) is 4.40. The Kier molecular flexibility index (Phi) is 4.29. The number of nitrogens with zero attached hydrogens (tertiary/aromatic N) is 1. The number of hydrogen-bond donors (Lipinski definition) is 3. The van der Waals surface area contributed by atoms with Crippen molar-refractivity contribution in [2.24, 2.45) is 0 Å². The smallest absolute Gasteiger partial charge is 0.230 e. The molecule has 0 saturated carbocycles. The number of nitrogens with two attached hydrogens (primary N) is 1. The molecule has 1 amide bonds. The molecule has 6 heteroatoms. The monoisotopic (exact) mass is 403 g/mol. The predicted molar refractivity (Wildman–Crippen MR) is 114 cm³/mol. The van der Waals surface area contributed by atoms with Crippen LogP contribution in [0.2, 0.25) is 0 Å². The summed E-state index contributed by atoms with van der Waals surface area (Å²) in [6.45, 7) is 0.